The van der Waals surface area contributed by atoms with Crippen molar-refractivity contribution in [3.8, 4) is 0 Å². The van der Waals surface area contributed by atoms with Gasteiger partial charge in [0.2, 0.25) is 0 Å². The van der Waals surface area contributed by atoms with Crippen LogP contribution in [0.25, 0.3) is 0 Å². The highest BCUT2D eigenvalue weighted by Gasteiger charge is 2.35. The Kier molecular flexibility index (Phi) is 1.21. The van der Waals surface area contributed by atoms with Gasteiger partial charge < -0.3 is 10.4 Å². The lowest BCUT2D eigenvalue weighted by molar-refractivity contribution is -0.142. The Morgan fingerprint density at radius 2 is 2.50 bits per heavy atom. The topological polar surface area (TPSA) is 49.3 Å². The van der Waals surface area contributed by atoms with Crippen molar-refractivity contribution in [3.05, 3.63) is 0 Å². The summed E-state index contributed by atoms with van der Waals surface area (Å²) in [5.74, 6) is -0.239. The smallest absolute Gasteiger partial charge is 0.251 e. The largest absolute Gasteiger partial charge is 0.381 e. The molecule has 3 nitrogen and oxygen atoms in total. The van der Waals surface area contributed by atoms with Crippen molar-refractivity contribution in [1.29, 1.82) is 0 Å². The molecule has 0 spiro atoms. The first-order valence-corrected chi connectivity index (χ1v) is 2.74. The molecule has 0 aliphatic carbocycles. The highest BCUT2D eigenvalue weighted by molar-refractivity contribution is 5.87. The van der Waals surface area contributed by atoms with Crippen molar-refractivity contribution < 1.29 is 9.90 Å². The predicted octanol–water partition coefficient (Wildman–Crippen LogP) is -0.744. The summed E-state index contributed by atoms with van der Waals surface area (Å²) in [6, 6.07) is 0.0162. The van der Waals surface area contributed by atoms with E-state index >= 15 is 0 Å². The summed E-state index contributed by atoms with van der Waals surface area (Å²) >= 11 is 0. The van der Waals surface area contributed by atoms with Gasteiger partial charge in [-0.15, -0.1) is 0 Å². The number of carbonyl (C=O) groups excluding carboxylic acids is 1. The molecule has 1 saturated heterocycles. The molecule has 0 radical (unpaired) electrons. The van der Waals surface area contributed by atoms with Crippen LogP contribution in [0.4, 0.5) is 0 Å². The molecule has 1 rings (SSSR count). The number of nitrogens with one attached hydrogen (secondary N) is 1. The van der Waals surface area contributed by atoms with Gasteiger partial charge in [0.25, 0.3) is 5.91 Å². The molecule has 0 aromatic heterocycles. The van der Waals surface area contributed by atoms with E-state index in [9.17, 15) is 4.79 Å². The Morgan fingerprint density at radius 3 is 2.62 bits per heavy atom. The van der Waals surface area contributed by atoms with Crippen LogP contribution < -0.4 is 5.32 Å². The minimum atomic E-state index is -0.736. The van der Waals surface area contributed by atoms with Crippen molar-refractivity contribution in [2.75, 3.05) is 0 Å². The number of carbonyl (C=O) groups is 1. The van der Waals surface area contributed by atoms with E-state index in [4.69, 9.17) is 5.11 Å². The average Bonchev–Trinajstić information content (AvgIpc) is 1.81. The van der Waals surface area contributed by atoms with Crippen molar-refractivity contribution in [1.82, 2.24) is 5.32 Å². The van der Waals surface area contributed by atoms with Gasteiger partial charge in [-0.05, 0) is 6.42 Å². The standard InChI is InChI=1S/C5H9NO2/c1-2-3-4(7)5(8)6-3/h3-4,7H,2H2,1H3,(H,6,8)/t3-,4+/m0/s1. The fraction of sp³-hybridized carbons (Fsp3) is 0.800. The number of hydrogen-bond donors (Lipinski definition) is 2. The SMILES string of the molecule is CC[C@@H]1NC(=O)[C@@H]1O. The maximum atomic E-state index is 10.2. The summed E-state index contributed by atoms with van der Waals surface area (Å²) in [6.45, 7) is 1.92. The van der Waals surface area contributed by atoms with Crippen LogP contribution in [0.15, 0.2) is 0 Å². The molecule has 1 amide bonds. The fourth-order valence-corrected chi connectivity index (χ4v) is 0.759. The lowest BCUT2D eigenvalue weighted by atomic mass is 10.0. The molecule has 0 bridgehead atoms. The molecule has 0 aromatic rings. The molecule has 3 heteroatoms. The van der Waals surface area contributed by atoms with Crippen LogP contribution in [-0.2, 0) is 4.79 Å². The Labute approximate surface area is 47.7 Å². The first kappa shape index (κ1) is 5.56. The normalized spacial score (nSPS) is 36.0. The van der Waals surface area contributed by atoms with Crippen LogP contribution in [0.3, 0.4) is 0 Å². The van der Waals surface area contributed by atoms with Gasteiger partial charge >= 0.3 is 0 Å². The van der Waals surface area contributed by atoms with Gasteiger partial charge in [0.15, 0.2) is 6.10 Å². The minimum absolute atomic E-state index is 0.0162. The molecular weight excluding hydrogens is 106 g/mol. The second-order valence-electron chi connectivity index (χ2n) is 1.97. The Hall–Kier alpha value is -0.570. The minimum Gasteiger partial charge on any atom is -0.381 e. The molecule has 1 aliphatic rings. The quantitative estimate of drug-likeness (QED) is 0.442. The summed E-state index contributed by atoms with van der Waals surface area (Å²) in [7, 11) is 0. The number of β-lactam (4-membered cyclic amide) rings is 1. The summed E-state index contributed by atoms with van der Waals surface area (Å²) < 4.78 is 0. The summed E-state index contributed by atoms with van der Waals surface area (Å²) in [5, 5.41) is 11.3. The van der Waals surface area contributed by atoms with Crippen molar-refractivity contribution in [2.24, 2.45) is 0 Å². The number of aliphatic hydroxyl groups excluding tert-OH is 1. The highest BCUT2D eigenvalue weighted by atomic mass is 16.3. The Balaban J connectivity index is 2.35. The monoisotopic (exact) mass is 115 g/mol. The summed E-state index contributed by atoms with van der Waals surface area (Å²) in [6.07, 6.45) is 0.0763. The van der Waals surface area contributed by atoms with Crippen LogP contribution in [0, 0.1) is 0 Å². The maximum Gasteiger partial charge on any atom is 0.251 e. The van der Waals surface area contributed by atoms with E-state index in [1.165, 1.54) is 0 Å². The molecule has 0 unspecified atom stereocenters. The number of amides is 1. The number of aliphatic hydroxyl groups is 1. The molecule has 0 saturated carbocycles. The predicted molar refractivity (Wildman–Crippen MR) is 28.2 cm³/mol. The fourth-order valence-electron chi connectivity index (χ4n) is 0.759. The average molecular weight is 115 g/mol. The summed E-state index contributed by atoms with van der Waals surface area (Å²) in [5.41, 5.74) is 0. The van der Waals surface area contributed by atoms with E-state index < -0.39 is 6.10 Å². The van der Waals surface area contributed by atoms with E-state index in [1.807, 2.05) is 6.92 Å². The highest BCUT2D eigenvalue weighted by Crippen LogP contribution is 2.07. The first-order valence-electron chi connectivity index (χ1n) is 2.74. The lowest BCUT2D eigenvalue weighted by Gasteiger charge is -2.31. The first-order chi connectivity index (χ1) is 3.75. The van der Waals surface area contributed by atoms with Gasteiger partial charge in [-0.1, -0.05) is 6.92 Å². The van der Waals surface area contributed by atoms with Gasteiger partial charge in [0, 0.05) is 0 Å². The number of hydrogen-bond acceptors (Lipinski definition) is 2. The summed E-state index contributed by atoms with van der Waals surface area (Å²) in [4.78, 5) is 10.2. The molecule has 2 N–H and O–H groups in total. The molecule has 46 valence electrons. The van der Waals surface area contributed by atoms with Gasteiger partial charge in [-0.25, -0.2) is 0 Å². The van der Waals surface area contributed by atoms with Gasteiger partial charge in [-0.2, -0.15) is 0 Å². The van der Waals surface area contributed by atoms with E-state index in [0.717, 1.165) is 6.42 Å². The Bertz CT molecular complexity index is 113. The molecule has 0 aromatic carbocycles. The van der Waals surface area contributed by atoms with Crippen LogP contribution in [0.5, 0.6) is 0 Å². The lowest BCUT2D eigenvalue weighted by Crippen LogP contribution is -2.61. The molecule has 1 fully saturated rings. The van der Waals surface area contributed by atoms with Gasteiger partial charge in [0.1, 0.15) is 0 Å². The zero-order valence-electron chi connectivity index (χ0n) is 4.72. The van der Waals surface area contributed by atoms with Gasteiger partial charge in [-0.3, -0.25) is 4.79 Å². The third kappa shape index (κ3) is 0.591. The van der Waals surface area contributed by atoms with Crippen LogP contribution >= 0.6 is 0 Å². The maximum absolute atomic E-state index is 10.2. The molecule has 8 heavy (non-hydrogen) atoms. The van der Waals surface area contributed by atoms with E-state index in [1.54, 1.807) is 0 Å². The number of rotatable bonds is 1. The molecular formula is C5H9NO2. The zero-order chi connectivity index (χ0) is 6.15. The molecule has 2 atom stereocenters. The third-order valence-corrected chi connectivity index (χ3v) is 1.42. The van der Waals surface area contributed by atoms with Crippen LogP contribution in [-0.4, -0.2) is 23.2 Å². The molecule has 1 aliphatic heterocycles. The van der Waals surface area contributed by atoms with Crippen LogP contribution in [0.2, 0.25) is 0 Å². The van der Waals surface area contributed by atoms with E-state index in [2.05, 4.69) is 5.32 Å². The van der Waals surface area contributed by atoms with Crippen LogP contribution in [0.1, 0.15) is 13.3 Å². The zero-order valence-corrected chi connectivity index (χ0v) is 4.72. The van der Waals surface area contributed by atoms with E-state index in [-0.39, 0.29) is 11.9 Å². The van der Waals surface area contributed by atoms with Crippen molar-refractivity contribution >= 4 is 5.91 Å². The Morgan fingerprint density at radius 1 is 1.88 bits per heavy atom. The second-order valence-corrected chi connectivity index (χ2v) is 1.97. The van der Waals surface area contributed by atoms with Crippen molar-refractivity contribution in [3.63, 3.8) is 0 Å². The van der Waals surface area contributed by atoms with Crippen molar-refractivity contribution in [2.45, 2.75) is 25.5 Å². The van der Waals surface area contributed by atoms with Gasteiger partial charge in [0.05, 0.1) is 6.04 Å². The van der Waals surface area contributed by atoms with E-state index in [0.29, 0.717) is 0 Å². The third-order valence-electron chi connectivity index (χ3n) is 1.42. The molecule has 1 heterocycles. The second kappa shape index (κ2) is 1.74.